The summed E-state index contributed by atoms with van der Waals surface area (Å²) in [5.41, 5.74) is 1.08. The van der Waals surface area contributed by atoms with Crippen LogP contribution in [0, 0.1) is 6.92 Å². The van der Waals surface area contributed by atoms with Gasteiger partial charge in [-0.1, -0.05) is 6.07 Å². The second kappa shape index (κ2) is 4.57. The van der Waals surface area contributed by atoms with Crippen LogP contribution in [-0.2, 0) is 0 Å². The molecular weight excluding hydrogens is 246 g/mol. The van der Waals surface area contributed by atoms with E-state index in [9.17, 15) is 4.79 Å². The standard InChI is InChI=1S/C13H15N3OS/c1-9-7-14-12(15-9)10-4-5-16(8-10)13(17)11-3-2-6-18-11/h2-3,6-7,10H,4-5,8H2,1H3,(H,14,15)/t10-/m0/s1. The summed E-state index contributed by atoms with van der Waals surface area (Å²) in [5, 5.41) is 1.94. The molecule has 0 unspecified atom stereocenters. The molecule has 1 N–H and O–H groups in total. The molecule has 18 heavy (non-hydrogen) atoms. The Balaban J connectivity index is 1.70. The van der Waals surface area contributed by atoms with E-state index in [1.165, 1.54) is 11.3 Å². The summed E-state index contributed by atoms with van der Waals surface area (Å²) in [5.74, 6) is 1.51. The Hall–Kier alpha value is -1.62. The van der Waals surface area contributed by atoms with Crippen LogP contribution < -0.4 is 0 Å². The minimum atomic E-state index is 0.149. The number of H-pyrrole nitrogens is 1. The van der Waals surface area contributed by atoms with E-state index in [1.807, 2.05) is 35.5 Å². The van der Waals surface area contributed by atoms with Gasteiger partial charge < -0.3 is 9.88 Å². The van der Waals surface area contributed by atoms with Crippen molar-refractivity contribution in [2.45, 2.75) is 19.3 Å². The molecule has 1 aliphatic heterocycles. The van der Waals surface area contributed by atoms with Gasteiger partial charge in [0, 0.05) is 30.9 Å². The second-order valence-electron chi connectivity index (χ2n) is 4.67. The van der Waals surface area contributed by atoms with Crippen LogP contribution in [-0.4, -0.2) is 33.9 Å². The number of amides is 1. The van der Waals surface area contributed by atoms with Gasteiger partial charge in [0.05, 0.1) is 4.88 Å². The number of hydrogen-bond donors (Lipinski definition) is 1. The third-order valence-corrected chi connectivity index (χ3v) is 4.17. The summed E-state index contributed by atoms with van der Waals surface area (Å²) in [6, 6.07) is 3.80. The van der Waals surface area contributed by atoms with Crippen molar-refractivity contribution < 1.29 is 4.79 Å². The van der Waals surface area contributed by atoms with Crippen LogP contribution in [0.3, 0.4) is 0 Å². The van der Waals surface area contributed by atoms with Gasteiger partial charge in [-0.2, -0.15) is 0 Å². The fourth-order valence-corrected chi connectivity index (χ4v) is 3.06. The topological polar surface area (TPSA) is 49.0 Å². The third-order valence-electron chi connectivity index (χ3n) is 3.32. The molecule has 0 bridgehead atoms. The molecule has 0 aliphatic carbocycles. The molecule has 5 heteroatoms. The molecule has 2 aromatic heterocycles. The van der Waals surface area contributed by atoms with Gasteiger partial charge in [0.2, 0.25) is 0 Å². The molecule has 1 fully saturated rings. The number of hydrogen-bond acceptors (Lipinski definition) is 3. The molecule has 3 heterocycles. The fourth-order valence-electron chi connectivity index (χ4n) is 2.36. The van der Waals surface area contributed by atoms with Gasteiger partial charge in [-0.05, 0) is 24.8 Å². The van der Waals surface area contributed by atoms with Crippen molar-refractivity contribution in [2.24, 2.45) is 0 Å². The lowest BCUT2D eigenvalue weighted by Crippen LogP contribution is -2.27. The summed E-state index contributed by atoms with van der Waals surface area (Å²) in [4.78, 5) is 22.6. The monoisotopic (exact) mass is 261 g/mol. The van der Waals surface area contributed by atoms with Crippen LogP contribution in [0.4, 0.5) is 0 Å². The van der Waals surface area contributed by atoms with Crippen LogP contribution in [0.25, 0.3) is 0 Å². The second-order valence-corrected chi connectivity index (χ2v) is 5.61. The van der Waals surface area contributed by atoms with Crippen molar-refractivity contribution >= 4 is 17.2 Å². The summed E-state index contributed by atoms with van der Waals surface area (Å²) in [6.45, 7) is 3.59. The Morgan fingerprint density at radius 1 is 1.61 bits per heavy atom. The SMILES string of the molecule is Cc1cnc([C@H]2CCN(C(=O)c3cccs3)C2)[nH]1. The highest BCUT2D eigenvalue weighted by Gasteiger charge is 2.29. The van der Waals surface area contributed by atoms with Gasteiger partial charge in [-0.3, -0.25) is 4.79 Å². The molecule has 1 saturated heterocycles. The first-order chi connectivity index (χ1) is 8.74. The minimum absolute atomic E-state index is 0.149. The van der Waals surface area contributed by atoms with E-state index < -0.39 is 0 Å². The molecular formula is C13H15N3OS. The summed E-state index contributed by atoms with van der Waals surface area (Å²) < 4.78 is 0. The third kappa shape index (κ3) is 2.06. The first-order valence-corrected chi connectivity index (χ1v) is 6.96. The van der Waals surface area contributed by atoms with E-state index in [1.54, 1.807) is 0 Å². The van der Waals surface area contributed by atoms with Gasteiger partial charge in [0.15, 0.2) is 0 Å². The van der Waals surface area contributed by atoms with Gasteiger partial charge in [-0.15, -0.1) is 11.3 Å². The van der Waals surface area contributed by atoms with Crippen LogP contribution in [0.2, 0.25) is 0 Å². The maximum absolute atomic E-state index is 12.2. The lowest BCUT2D eigenvalue weighted by Gasteiger charge is -2.14. The Bertz CT molecular complexity index is 546. The normalized spacial score (nSPS) is 19.4. The van der Waals surface area contributed by atoms with Gasteiger partial charge in [0.25, 0.3) is 5.91 Å². The number of aromatic amines is 1. The number of nitrogens with one attached hydrogen (secondary N) is 1. The Labute approximate surface area is 110 Å². The van der Waals surface area contributed by atoms with E-state index >= 15 is 0 Å². The predicted octanol–water partition coefficient (Wildman–Crippen LogP) is 2.41. The highest BCUT2D eigenvalue weighted by atomic mass is 32.1. The zero-order valence-corrected chi connectivity index (χ0v) is 11.0. The Morgan fingerprint density at radius 2 is 2.50 bits per heavy atom. The van der Waals surface area contributed by atoms with Crippen molar-refractivity contribution in [3.63, 3.8) is 0 Å². The predicted molar refractivity (Wildman–Crippen MR) is 70.9 cm³/mol. The maximum Gasteiger partial charge on any atom is 0.263 e. The van der Waals surface area contributed by atoms with E-state index in [0.29, 0.717) is 5.92 Å². The number of aromatic nitrogens is 2. The van der Waals surface area contributed by atoms with Crippen LogP contribution in [0.15, 0.2) is 23.7 Å². The first-order valence-electron chi connectivity index (χ1n) is 6.08. The first kappa shape index (κ1) is 11.5. The molecule has 0 saturated carbocycles. The highest BCUT2D eigenvalue weighted by molar-refractivity contribution is 7.12. The van der Waals surface area contributed by atoms with Crippen molar-refractivity contribution in [1.29, 1.82) is 0 Å². The van der Waals surface area contributed by atoms with Crippen molar-refractivity contribution in [3.05, 3.63) is 40.1 Å². The van der Waals surface area contributed by atoms with E-state index in [4.69, 9.17) is 0 Å². The zero-order valence-electron chi connectivity index (χ0n) is 10.2. The van der Waals surface area contributed by atoms with Crippen LogP contribution >= 0.6 is 11.3 Å². The molecule has 3 rings (SSSR count). The summed E-state index contributed by atoms with van der Waals surface area (Å²) in [7, 11) is 0. The number of aryl methyl sites for hydroxylation is 1. The van der Waals surface area contributed by atoms with E-state index in [2.05, 4.69) is 9.97 Å². The zero-order chi connectivity index (χ0) is 12.5. The number of nitrogens with zero attached hydrogens (tertiary/aromatic N) is 2. The quantitative estimate of drug-likeness (QED) is 0.902. The lowest BCUT2D eigenvalue weighted by atomic mass is 10.1. The smallest absolute Gasteiger partial charge is 0.263 e. The molecule has 0 spiro atoms. The number of imidazole rings is 1. The average molecular weight is 261 g/mol. The largest absolute Gasteiger partial charge is 0.346 e. The van der Waals surface area contributed by atoms with Crippen molar-refractivity contribution in [1.82, 2.24) is 14.9 Å². The molecule has 94 valence electrons. The van der Waals surface area contributed by atoms with Gasteiger partial charge in [-0.25, -0.2) is 4.98 Å². The number of likely N-dealkylation sites (tertiary alicyclic amines) is 1. The molecule has 0 aromatic carbocycles. The number of carbonyl (C=O) groups is 1. The van der Waals surface area contributed by atoms with Crippen LogP contribution in [0.1, 0.15) is 33.5 Å². The fraction of sp³-hybridized carbons (Fsp3) is 0.385. The Kier molecular flexibility index (Phi) is 2.91. The molecule has 2 aromatic rings. The average Bonchev–Trinajstić information content (AvgIpc) is 3.09. The summed E-state index contributed by atoms with van der Waals surface area (Å²) in [6.07, 6.45) is 2.84. The highest BCUT2D eigenvalue weighted by Crippen LogP contribution is 2.26. The number of thiophene rings is 1. The minimum Gasteiger partial charge on any atom is -0.346 e. The lowest BCUT2D eigenvalue weighted by molar-refractivity contribution is 0.0795. The van der Waals surface area contributed by atoms with Crippen LogP contribution in [0.5, 0.6) is 0 Å². The summed E-state index contributed by atoms with van der Waals surface area (Å²) >= 11 is 1.50. The van der Waals surface area contributed by atoms with Crippen molar-refractivity contribution in [2.75, 3.05) is 13.1 Å². The maximum atomic E-state index is 12.2. The van der Waals surface area contributed by atoms with Crippen molar-refractivity contribution in [3.8, 4) is 0 Å². The molecule has 1 atom stereocenters. The van der Waals surface area contributed by atoms with E-state index in [0.717, 1.165) is 35.9 Å². The number of rotatable bonds is 2. The number of carbonyl (C=O) groups excluding carboxylic acids is 1. The molecule has 1 aliphatic rings. The van der Waals surface area contributed by atoms with Gasteiger partial charge in [0.1, 0.15) is 5.82 Å². The van der Waals surface area contributed by atoms with Gasteiger partial charge >= 0.3 is 0 Å². The van der Waals surface area contributed by atoms with E-state index in [-0.39, 0.29) is 5.91 Å². The molecule has 1 amide bonds. The Morgan fingerprint density at radius 3 is 3.17 bits per heavy atom. The molecule has 0 radical (unpaired) electrons. The molecule has 4 nitrogen and oxygen atoms in total.